The fraction of sp³-hybridized carbons (Fsp3) is 0.457. The summed E-state index contributed by atoms with van der Waals surface area (Å²) in [7, 11) is 0. The molecule has 0 saturated carbocycles. The normalized spacial score (nSPS) is 20.0. The molecule has 4 rings (SSSR count). The first-order chi connectivity index (χ1) is 19.8. The number of nitrogens with zero attached hydrogens (tertiary/aromatic N) is 4. The van der Waals surface area contributed by atoms with E-state index in [-0.39, 0.29) is 32.2 Å². The second kappa shape index (κ2) is 14.4. The Morgan fingerprint density at radius 1 is 0.524 bits per heavy atom. The zero-order chi connectivity index (χ0) is 29.8. The number of aromatic nitrogens is 1. The number of carbonyl (C=O) groups is 2. The van der Waals surface area contributed by atoms with Gasteiger partial charge in [0.05, 0.1) is 23.2 Å². The molecule has 42 heavy (non-hydrogen) atoms. The fourth-order valence-electron chi connectivity index (χ4n) is 6.41. The van der Waals surface area contributed by atoms with Gasteiger partial charge in [0.15, 0.2) is 0 Å². The molecule has 0 N–H and O–H groups in total. The predicted molar refractivity (Wildman–Crippen MR) is 170 cm³/mol. The molecule has 0 aromatic carbocycles. The number of carbonyl (C=O) groups excluding carboxylic acids is 2. The molecule has 6 nitrogen and oxygen atoms in total. The number of allylic oxidation sites excluding steroid dienone is 5. The Morgan fingerprint density at radius 3 is 1.38 bits per heavy atom. The minimum absolute atomic E-state index is 0. The van der Waals surface area contributed by atoms with Crippen LogP contribution in [-0.4, -0.2) is 17.5 Å². The molecule has 3 aliphatic rings. The molecule has 0 fully saturated rings. The van der Waals surface area contributed by atoms with Crippen LogP contribution < -0.4 is 4.98 Å². The molecular formula is C35H43N4O2Pd-3. The standard InChI is InChI=1S/C35H45N4O2.Pd/c1-9-20-22(11-3)30(18-32-24(13-5)26(15-7)34(40)38-32)36-28(20)17-29-21(10-2)23(12-4)31(37-29)19-33-25(14-6)27(16-8)35(41)39-33;/h17-19H,9-16H2,1-8H3,(H2-,36,37,38,39,40,41);/q-1;/p-2. The minimum atomic E-state index is -0.118. The second-order valence-electron chi connectivity index (χ2n) is 10.5. The van der Waals surface area contributed by atoms with Gasteiger partial charge in [-0.3, -0.25) is 0 Å². The first-order valence-corrected chi connectivity index (χ1v) is 15.4. The van der Waals surface area contributed by atoms with Crippen LogP contribution in [0.1, 0.15) is 116 Å². The van der Waals surface area contributed by atoms with Crippen molar-refractivity contribution in [2.75, 3.05) is 0 Å². The first kappa shape index (κ1) is 33.5. The Labute approximate surface area is 265 Å². The Morgan fingerprint density at radius 2 is 0.952 bits per heavy atom. The van der Waals surface area contributed by atoms with Crippen LogP contribution in [0.2, 0.25) is 0 Å². The molecule has 0 atom stereocenters. The van der Waals surface area contributed by atoms with E-state index in [1.54, 1.807) is 0 Å². The summed E-state index contributed by atoms with van der Waals surface area (Å²) in [5.74, 6) is -0.235. The van der Waals surface area contributed by atoms with Crippen molar-refractivity contribution in [3.05, 3.63) is 89.8 Å². The zero-order valence-corrected chi connectivity index (χ0v) is 27.9. The molecule has 0 unspecified atom stereocenters. The number of hydrogen-bond donors (Lipinski definition) is 0. The van der Waals surface area contributed by atoms with Gasteiger partial charge in [0.25, 0.3) is 0 Å². The predicted octanol–water partition coefficient (Wildman–Crippen LogP) is 8.96. The van der Waals surface area contributed by atoms with Gasteiger partial charge in [-0.15, -0.1) is 22.8 Å². The van der Waals surface area contributed by atoms with Gasteiger partial charge in [-0.1, -0.05) is 95.9 Å². The van der Waals surface area contributed by atoms with E-state index in [4.69, 9.17) is 9.98 Å². The molecule has 0 saturated heterocycles. The van der Waals surface area contributed by atoms with Crippen LogP contribution >= 0.6 is 0 Å². The van der Waals surface area contributed by atoms with Crippen molar-refractivity contribution >= 4 is 29.7 Å². The molecule has 1 aromatic heterocycles. The van der Waals surface area contributed by atoms with E-state index in [1.165, 1.54) is 22.3 Å². The van der Waals surface area contributed by atoms with Crippen molar-refractivity contribution in [3.8, 4) is 0 Å². The Bertz CT molecular complexity index is 1490. The van der Waals surface area contributed by atoms with Gasteiger partial charge in [0.2, 0.25) is 0 Å². The Kier molecular flexibility index (Phi) is 11.5. The Balaban J connectivity index is 0.00000484. The average Bonchev–Trinajstić information content (AvgIpc) is 3.67. The third-order valence-electron chi connectivity index (χ3n) is 8.40. The first-order valence-electron chi connectivity index (χ1n) is 15.4. The van der Waals surface area contributed by atoms with Gasteiger partial charge >= 0.3 is 0 Å². The van der Waals surface area contributed by atoms with Crippen molar-refractivity contribution in [2.24, 2.45) is 4.99 Å². The molecule has 3 aliphatic heterocycles. The van der Waals surface area contributed by atoms with Crippen LogP contribution in [0.4, 0.5) is 0 Å². The van der Waals surface area contributed by atoms with Crippen LogP contribution in [0.5, 0.6) is 0 Å². The van der Waals surface area contributed by atoms with Gasteiger partial charge < -0.3 is 25.2 Å². The summed E-state index contributed by atoms with van der Waals surface area (Å²) in [5.41, 5.74) is 13.7. The molecule has 0 radical (unpaired) electrons. The largest absolute Gasteiger partial charge is 0.657 e. The SMILES string of the molecule is CCC1=C(CC)/C(=C/c2[n-]c(/C=C3\[N-]C(=O)C(CC)=C3CC)c(CC)c2CC)N=C1/C=C1\[N-]C(=O)C(CC)=C1CC.[Pd]. The summed E-state index contributed by atoms with van der Waals surface area (Å²) in [5, 5.41) is 8.77. The topological polar surface area (TPSA) is 88.8 Å². The number of amides is 2. The van der Waals surface area contributed by atoms with Gasteiger partial charge in [0.1, 0.15) is 0 Å². The van der Waals surface area contributed by atoms with Crippen LogP contribution in [0, 0.1) is 0 Å². The average molecular weight is 658 g/mol. The Hall–Kier alpha value is -3.01. The van der Waals surface area contributed by atoms with E-state index in [9.17, 15) is 9.59 Å². The molecule has 0 aliphatic carbocycles. The third kappa shape index (κ3) is 6.05. The van der Waals surface area contributed by atoms with Crippen LogP contribution in [0.15, 0.2) is 61.6 Å². The molecule has 228 valence electrons. The summed E-state index contributed by atoms with van der Waals surface area (Å²) < 4.78 is 0. The van der Waals surface area contributed by atoms with Crippen LogP contribution in [-0.2, 0) is 42.9 Å². The molecule has 7 heteroatoms. The number of aliphatic imine (C=N–C) groups is 1. The third-order valence-corrected chi connectivity index (χ3v) is 8.40. The fourth-order valence-corrected chi connectivity index (χ4v) is 6.41. The monoisotopic (exact) mass is 657 g/mol. The molecule has 0 bridgehead atoms. The van der Waals surface area contributed by atoms with Gasteiger partial charge in [0, 0.05) is 20.4 Å². The van der Waals surface area contributed by atoms with E-state index in [0.29, 0.717) is 12.8 Å². The summed E-state index contributed by atoms with van der Waals surface area (Å²) >= 11 is 0. The van der Waals surface area contributed by atoms with E-state index >= 15 is 0 Å². The van der Waals surface area contributed by atoms with Gasteiger partial charge in [-0.05, 0) is 73.7 Å². The van der Waals surface area contributed by atoms with Crippen molar-refractivity contribution in [1.82, 2.24) is 4.98 Å². The smallest absolute Gasteiger partial charge is 0.0814 e. The van der Waals surface area contributed by atoms with Crippen LogP contribution in [0.25, 0.3) is 22.8 Å². The second-order valence-corrected chi connectivity index (χ2v) is 10.5. The van der Waals surface area contributed by atoms with E-state index in [0.717, 1.165) is 95.0 Å². The maximum atomic E-state index is 12.5. The van der Waals surface area contributed by atoms with E-state index < -0.39 is 0 Å². The molecule has 0 spiro atoms. The van der Waals surface area contributed by atoms with Crippen molar-refractivity contribution in [2.45, 2.75) is 107 Å². The van der Waals surface area contributed by atoms with E-state index in [1.807, 2.05) is 26.0 Å². The van der Waals surface area contributed by atoms with Crippen molar-refractivity contribution in [1.29, 1.82) is 0 Å². The van der Waals surface area contributed by atoms with Gasteiger partial charge in [-0.2, -0.15) is 0 Å². The molecular weight excluding hydrogens is 615 g/mol. The quantitative estimate of drug-likeness (QED) is 0.223. The maximum Gasteiger partial charge on any atom is 0.0814 e. The minimum Gasteiger partial charge on any atom is -0.657 e. The summed E-state index contributed by atoms with van der Waals surface area (Å²) in [6.45, 7) is 16.8. The van der Waals surface area contributed by atoms with Gasteiger partial charge in [-0.25, -0.2) is 4.99 Å². The molecule has 4 heterocycles. The maximum absolute atomic E-state index is 12.5. The summed E-state index contributed by atoms with van der Waals surface area (Å²) in [6.07, 6.45) is 12.4. The summed E-state index contributed by atoms with van der Waals surface area (Å²) in [6, 6.07) is 0. The van der Waals surface area contributed by atoms with Crippen molar-refractivity contribution < 1.29 is 30.0 Å². The molecule has 2 amide bonds. The van der Waals surface area contributed by atoms with E-state index in [2.05, 4.69) is 58.3 Å². The number of rotatable bonds is 11. The zero-order valence-electron chi connectivity index (χ0n) is 26.3. The molecule has 1 aromatic rings. The van der Waals surface area contributed by atoms with Crippen LogP contribution in [0.3, 0.4) is 0 Å². The summed E-state index contributed by atoms with van der Waals surface area (Å²) in [4.78, 5) is 35.2. The number of hydrogen-bond acceptors (Lipinski definition) is 3. The van der Waals surface area contributed by atoms with Crippen molar-refractivity contribution in [3.63, 3.8) is 0 Å².